The number of allylic oxidation sites excluding steroid dienone is 5. The molecule has 17 heavy (non-hydrogen) atoms. The Bertz CT molecular complexity index is 441. The van der Waals surface area contributed by atoms with Gasteiger partial charge in [0.25, 0.3) is 0 Å². The van der Waals surface area contributed by atoms with E-state index in [0.717, 1.165) is 12.0 Å². The zero-order valence-corrected chi connectivity index (χ0v) is 11.4. The molecule has 0 aromatic heterocycles. The third-order valence-corrected chi connectivity index (χ3v) is 2.95. The van der Waals surface area contributed by atoms with Crippen molar-refractivity contribution < 1.29 is 0 Å². The predicted octanol–water partition coefficient (Wildman–Crippen LogP) is 5.31. The first-order valence-corrected chi connectivity index (χ1v) is 6.18. The van der Waals surface area contributed by atoms with Crippen LogP contribution in [0.2, 0.25) is 0 Å². The SMILES string of the molecule is C=C(C)/C(=C/C(=C\C)c1ccc(C)cc1)CC. The smallest absolute Gasteiger partial charge is 0.0187 e. The molecule has 0 saturated heterocycles. The third-order valence-electron chi connectivity index (χ3n) is 2.95. The van der Waals surface area contributed by atoms with Gasteiger partial charge in [-0.1, -0.05) is 61.1 Å². The highest BCUT2D eigenvalue weighted by atomic mass is 14.1. The Balaban J connectivity index is 3.09. The molecule has 1 aromatic carbocycles. The fourth-order valence-electron chi connectivity index (χ4n) is 1.79. The van der Waals surface area contributed by atoms with Gasteiger partial charge in [-0.05, 0) is 43.9 Å². The number of benzene rings is 1. The molecule has 0 nitrogen and oxygen atoms in total. The summed E-state index contributed by atoms with van der Waals surface area (Å²) in [4.78, 5) is 0. The monoisotopic (exact) mass is 226 g/mol. The molecule has 0 radical (unpaired) electrons. The van der Waals surface area contributed by atoms with Gasteiger partial charge in [-0.25, -0.2) is 0 Å². The van der Waals surface area contributed by atoms with Crippen LogP contribution in [0.1, 0.15) is 38.3 Å². The second-order valence-electron chi connectivity index (χ2n) is 4.41. The summed E-state index contributed by atoms with van der Waals surface area (Å²) in [5, 5.41) is 0. The van der Waals surface area contributed by atoms with Crippen LogP contribution in [0.5, 0.6) is 0 Å². The van der Waals surface area contributed by atoms with E-state index in [9.17, 15) is 0 Å². The van der Waals surface area contributed by atoms with E-state index in [1.165, 1.54) is 22.3 Å². The number of aryl methyl sites for hydroxylation is 1. The lowest BCUT2D eigenvalue weighted by Crippen LogP contribution is -1.86. The van der Waals surface area contributed by atoms with E-state index in [1.807, 2.05) is 0 Å². The minimum Gasteiger partial charge on any atom is -0.0958 e. The maximum absolute atomic E-state index is 4.03. The summed E-state index contributed by atoms with van der Waals surface area (Å²) in [5.74, 6) is 0. The van der Waals surface area contributed by atoms with Gasteiger partial charge >= 0.3 is 0 Å². The summed E-state index contributed by atoms with van der Waals surface area (Å²) in [6.07, 6.45) is 5.43. The van der Waals surface area contributed by atoms with Gasteiger partial charge in [0, 0.05) is 0 Å². The van der Waals surface area contributed by atoms with Crippen LogP contribution in [-0.2, 0) is 0 Å². The number of hydrogen-bond acceptors (Lipinski definition) is 0. The van der Waals surface area contributed by atoms with Crippen molar-refractivity contribution >= 4 is 5.57 Å². The van der Waals surface area contributed by atoms with Crippen molar-refractivity contribution in [2.24, 2.45) is 0 Å². The maximum atomic E-state index is 4.03. The summed E-state index contributed by atoms with van der Waals surface area (Å²) >= 11 is 0. The third kappa shape index (κ3) is 3.74. The minimum atomic E-state index is 1.03. The van der Waals surface area contributed by atoms with Gasteiger partial charge in [0.05, 0.1) is 0 Å². The number of hydrogen-bond donors (Lipinski definition) is 0. The molecular formula is C17H22. The molecule has 1 rings (SSSR count). The van der Waals surface area contributed by atoms with Gasteiger partial charge in [0.15, 0.2) is 0 Å². The molecular weight excluding hydrogens is 204 g/mol. The lowest BCUT2D eigenvalue weighted by Gasteiger charge is -2.07. The molecule has 90 valence electrons. The minimum absolute atomic E-state index is 1.03. The lowest BCUT2D eigenvalue weighted by molar-refractivity contribution is 1.11. The van der Waals surface area contributed by atoms with Gasteiger partial charge in [0.2, 0.25) is 0 Å². The lowest BCUT2D eigenvalue weighted by atomic mass is 9.98. The molecule has 0 aliphatic carbocycles. The van der Waals surface area contributed by atoms with Gasteiger partial charge in [0.1, 0.15) is 0 Å². The molecule has 0 spiro atoms. The molecule has 0 heteroatoms. The summed E-state index contributed by atoms with van der Waals surface area (Å²) < 4.78 is 0. The fourth-order valence-corrected chi connectivity index (χ4v) is 1.79. The Morgan fingerprint density at radius 3 is 2.24 bits per heavy atom. The van der Waals surface area contributed by atoms with Crippen molar-refractivity contribution in [3.63, 3.8) is 0 Å². The zero-order valence-electron chi connectivity index (χ0n) is 11.4. The van der Waals surface area contributed by atoms with Crippen LogP contribution in [0.3, 0.4) is 0 Å². The van der Waals surface area contributed by atoms with E-state index in [4.69, 9.17) is 0 Å². The zero-order chi connectivity index (χ0) is 12.8. The van der Waals surface area contributed by atoms with Crippen LogP contribution in [0.25, 0.3) is 5.57 Å². The Morgan fingerprint density at radius 1 is 1.24 bits per heavy atom. The average molecular weight is 226 g/mol. The van der Waals surface area contributed by atoms with Gasteiger partial charge in [-0.2, -0.15) is 0 Å². The second-order valence-corrected chi connectivity index (χ2v) is 4.41. The van der Waals surface area contributed by atoms with Gasteiger partial charge in [-0.3, -0.25) is 0 Å². The maximum Gasteiger partial charge on any atom is -0.0187 e. The van der Waals surface area contributed by atoms with E-state index in [2.05, 4.69) is 70.7 Å². The molecule has 0 fully saturated rings. The Morgan fingerprint density at radius 2 is 1.82 bits per heavy atom. The van der Waals surface area contributed by atoms with E-state index >= 15 is 0 Å². The Kier molecular flexibility index (Phi) is 4.96. The van der Waals surface area contributed by atoms with Gasteiger partial charge < -0.3 is 0 Å². The van der Waals surface area contributed by atoms with Crippen molar-refractivity contribution in [1.82, 2.24) is 0 Å². The van der Waals surface area contributed by atoms with Crippen LogP contribution < -0.4 is 0 Å². The highest BCUT2D eigenvalue weighted by Gasteiger charge is 2.00. The molecule has 0 aliphatic heterocycles. The fraction of sp³-hybridized carbons (Fsp3) is 0.294. The van der Waals surface area contributed by atoms with Crippen LogP contribution in [0.15, 0.2) is 54.1 Å². The highest BCUT2D eigenvalue weighted by molar-refractivity contribution is 5.75. The van der Waals surface area contributed by atoms with Crippen molar-refractivity contribution in [1.29, 1.82) is 0 Å². The molecule has 0 saturated carbocycles. The van der Waals surface area contributed by atoms with Crippen LogP contribution in [0.4, 0.5) is 0 Å². The van der Waals surface area contributed by atoms with Crippen molar-refractivity contribution in [3.05, 3.63) is 65.3 Å². The molecule has 0 amide bonds. The summed E-state index contributed by atoms with van der Waals surface area (Å²) in [6.45, 7) is 12.5. The summed E-state index contributed by atoms with van der Waals surface area (Å²) in [5.41, 5.74) is 6.30. The van der Waals surface area contributed by atoms with E-state index in [0.29, 0.717) is 0 Å². The van der Waals surface area contributed by atoms with E-state index < -0.39 is 0 Å². The topological polar surface area (TPSA) is 0 Å². The van der Waals surface area contributed by atoms with Crippen molar-refractivity contribution in [2.45, 2.75) is 34.1 Å². The van der Waals surface area contributed by atoms with Crippen LogP contribution >= 0.6 is 0 Å². The summed E-state index contributed by atoms with van der Waals surface area (Å²) in [7, 11) is 0. The molecule has 0 aliphatic rings. The molecule has 1 aromatic rings. The van der Waals surface area contributed by atoms with Crippen molar-refractivity contribution in [2.75, 3.05) is 0 Å². The van der Waals surface area contributed by atoms with Crippen LogP contribution in [-0.4, -0.2) is 0 Å². The second kappa shape index (κ2) is 6.24. The first-order valence-electron chi connectivity index (χ1n) is 6.18. The molecule has 0 atom stereocenters. The Hall–Kier alpha value is -1.56. The summed E-state index contributed by atoms with van der Waals surface area (Å²) in [6, 6.07) is 8.65. The quantitative estimate of drug-likeness (QED) is 0.610. The highest BCUT2D eigenvalue weighted by Crippen LogP contribution is 2.22. The van der Waals surface area contributed by atoms with E-state index in [-0.39, 0.29) is 0 Å². The Labute approximate surface area is 105 Å². The largest absolute Gasteiger partial charge is 0.0958 e. The molecule has 0 unspecified atom stereocenters. The molecule has 0 heterocycles. The van der Waals surface area contributed by atoms with Crippen molar-refractivity contribution in [3.8, 4) is 0 Å². The standard InChI is InChI=1S/C17H22/c1-6-15(13(3)4)12-16(7-2)17-10-8-14(5)9-11-17/h7-12H,3,6H2,1-2,4-5H3/b15-12+,16-7+. The first kappa shape index (κ1) is 13.5. The predicted molar refractivity (Wildman–Crippen MR) is 78.0 cm³/mol. The van der Waals surface area contributed by atoms with Gasteiger partial charge in [-0.15, -0.1) is 0 Å². The average Bonchev–Trinajstić information content (AvgIpc) is 2.32. The normalized spacial score (nSPS) is 12.7. The number of rotatable bonds is 4. The molecule has 0 N–H and O–H groups in total. The first-order chi connectivity index (χ1) is 8.08. The molecule has 0 bridgehead atoms. The van der Waals surface area contributed by atoms with Crippen LogP contribution in [0, 0.1) is 6.92 Å². The van der Waals surface area contributed by atoms with E-state index in [1.54, 1.807) is 0 Å².